The van der Waals surface area contributed by atoms with Crippen LogP contribution in [0.25, 0.3) is 0 Å². The van der Waals surface area contributed by atoms with Crippen LogP contribution in [0.3, 0.4) is 0 Å². The van der Waals surface area contributed by atoms with Gasteiger partial charge in [-0.05, 0) is 60.5 Å². The lowest BCUT2D eigenvalue weighted by molar-refractivity contribution is -0.117. The third kappa shape index (κ3) is 5.56. The van der Waals surface area contributed by atoms with Crippen molar-refractivity contribution in [2.24, 2.45) is 5.92 Å². The molecule has 2 atom stereocenters. The summed E-state index contributed by atoms with van der Waals surface area (Å²) in [5.74, 6) is -3.21. The van der Waals surface area contributed by atoms with E-state index in [1.807, 2.05) is 0 Å². The average Bonchev–Trinajstić information content (AvgIpc) is 3.37. The van der Waals surface area contributed by atoms with Crippen molar-refractivity contribution in [2.75, 3.05) is 5.32 Å². The predicted octanol–water partition coefficient (Wildman–Crippen LogP) is 7.94. The van der Waals surface area contributed by atoms with Crippen LogP contribution in [0.15, 0.2) is 54.6 Å². The molecule has 0 heterocycles. The maximum atomic E-state index is 14.4. The third-order valence-corrected chi connectivity index (χ3v) is 7.63. The lowest BCUT2D eigenvalue weighted by Crippen LogP contribution is -2.17. The van der Waals surface area contributed by atoms with Gasteiger partial charge in [0.1, 0.15) is 10.2 Å². The van der Waals surface area contributed by atoms with E-state index < -0.39 is 33.7 Å². The van der Waals surface area contributed by atoms with Gasteiger partial charge in [-0.2, -0.15) is 0 Å². The molecule has 0 aliphatic heterocycles. The molecule has 1 aliphatic carbocycles. The number of hydrogen-bond acceptors (Lipinski definition) is 3. The van der Waals surface area contributed by atoms with Crippen LogP contribution in [0.5, 0.6) is 0 Å². The van der Waals surface area contributed by atoms with E-state index in [4.69, 9.17) is 58.0 Å². The van der Waals surface area contributed by atoms with E-state index in [0.29, 0.717) is 21.3 Å². The molecule has 0 bridgehead atoms. The van der Waals surface area contributed by atoms with Crippen LogP contribution in [-0.2, 0) is 11.2 Å². The van der Waals surface area contributed by atoms with Crippen molar-refractivity contribution in [3.63, 3.8) is 0 Å². The molecule has 3 aromatic carbocycles. The highest BCUT2D eigenvalue weighted by atomic mass is 35.5. The van der Waals surface area contributed by atoms with E-state index in [9.17, 15) is 18.8 Å². The first-order valence-electron chi connectivity index (χ1n) is 10.6. The van der Waals surface area contributed by atoms with Crippen molar-refractivity contribution in [1.29, 1.82) is 0 Å². The zero-order valence-electron chi connectivity index (χ0n) is 18.6. The van der Waals surface area contributed by atoms with Gasteiger partial charge >= 0.3 is 0 Å². The first-order chi connectivity index (χ1) is 16.9. The van der Waals surface area contributed by atoms with Crippen LogP contribution in [-0.4, -0.2) is 21.8 Å². The van der Waals surface area contributed by atoms with E-state index in [2.05, 4.69) is 5.32 Å². The maximum Gasteiger partial charge on any atom is 0.231 e. The first kappa shape index (κ1) is 26.9. The van der Waals surface area contributed by atoms with E-state index in [-0.39, 0.29) is 33.9 Å². The first-order valence-corrected chi connectivity index (χ1v) is 12.5. The van der Waals surface area contributed by atoms with Gasteiger partial charge in [0.05, 0.1) is 10.9 Å². The summed E-state index contributed by atoms with van der Waals surface area (Å²) in [6, 6.07) is 13.2. The van der Waals surface area contributed by atoms with Crippen LogP contribution in [0.2, 0.25) is 15.1 Å². The van der Waals surface area contributed by atoms with Crippen LogP contribution in [0.4, 0.5) is 10.1 Å². The molecule has 10 heteroatoms. The Labute approximate surface area is 231 Å². The molecule has 1 amide bonds. The van der Waals surface area contributed by atoms with Crippen molar-refractivity contribution in [3.05, 3.63) is 97.7 Å². The largest absolute Gasteiger partial charge is 0.326 e. The fourth-order valence-corrected chi connectivity index (χ4v) is 5.63. The number of Topliss-reactive ketones (excluding diaryl/α,β-unsaturated/α-hetero) is 2. The van der Waals surface area contributed by atoms with Crippen LogP contribution >= 0.6 is 58.0 Å². The average molecular weight is 588 g/mol. The summed E-state index contributed by atoms with van der Waals surface area (Å²) in [5.41, 5.74) is 1.34. The van der Waals surface area contributed by atoms with Crippen LogP contribution in [0, 0.1) is 11.7 Å². The molecule has 0 spiro atoms. The van der Waals surface area contributed by atoms with Gasteiger partial charge < -0.3 is 5.32 Å². The van der Waals surface area contributed by atoms with E-state index in [0.717, 1.165) is 6.07 Å². The highest BCUT2D eigenvalue weighted by Gasteiger charge is 2.67. The molecule has 0 radical (unpaired) electrons. The summed E-state index contributed by atoms with van der Waals surface area (Å²) >= 11 is 31.2. The standard InChI is InChI=1S/C26H17Cl5FNO3/c1-12(34)13-2-3-14(21(32)8-13)9-22(35)19-11-18(4-5-20(19)29)33-25(36)24-23(26(24,30)31)15-6-16(27)10-17(28)7-15/h2-8,10-11,23-24H,9H2,1H3,(H,33,36). The Morgan fingerprint density at radius 3 is 2.22 bits per heavy atom. The second-order valence-electron chi connectivity index (χ2n) is 8.48. The summed E-state index contributed by atoms with van der Waals surface area (Å²) in [7, 11) is 0. The molecule has 1 fully saturated rings. The lowest BCUT2D eigenvalue weighted by atomic mass is 10.00. The summed E-state index contributed by atoms with van der Waals surface area (Å²) in [6.45, 7) is 1.33. The quantitative estimate of drug-likeness (QED) is 0.226. The summed E-state index contributed by atoms with van der Waals surface area (Å²) in [5, 5.41) is 3.63. The molecule has 186 valence electrons. The van der Waals surface area contributed by atoms with Gasteiger partial charge in [-0.25, -0.2) is 4.39 Å². The number of benzene rings is 3. The van der Waals surface area contributed by atoms with E-state index >= 15 is 0 Å². The monoisotopic (exact) mass is 585 g/mol. The second-order valence-corrected chi connectivity index (χ2v) is 11.2. The SMILES string of the molecule is CC(=O)c1ccc(CC(=O)c2cc(NC(=O)C3C(c4cc(Cl)cc(Cl)c4)C3(Cl)Cl)ccc2Cl)c(F)c1. The van der Waals surface area contributed by atoms with E-state index in [1.165, 1.54) is 37.3 Å². The van der Waals surface area contributed by atoms with Crippen molar-refractivity contribution in [2.45, 2.75) is 23.6 Å². The minimum Gasteiger partial charge on any atom is -0.326 e. The molecular formula is C26H17Cl5FNO3. The Morgan fingerprint density at radius 1 is 0.944 bits per heavy atom. The van der Waals surface area contributed by atoms with Gasteiger partial charge in [-0.1, -0.05) is 46.9 Å². The maximum absolute atomic E-state index is 14.4. The summed E-state index contributed by atoms with van der Waals surface area (Å²) in [6.07, 6.45) is -0.284. The zero-order chi connectivity index (χ0) is 26.4. The van der Waals surface area contributed by atoms with Crippen LogP contribution < -0.4 is 5.32 Å². The number of carbonyl (C=O) groups excluding carboxylic acids is 3. The van der Waals surface area contributed by atoms with Gasteiger partial charge in [-0.3, -0.25) is 14.4 Å². The molecule has 0 saturated heterocycles. The highest BCUT2D eigenvalue weighted by molar-refractivity contribution is 6.53. The number of anilines is 1. The second kappa shape index (κ2) is 10.3. The van der Waals surface area contributed by atoms with Gasteiger partial charge in [0.15, 0.2) is 11.6 Å². The fourth-order valence-electron chi connectivity index (χ4n) is 4.04. The van der Waals surface area contributed by atoms with Crippen molar-refractivity contribution >= 4 is 81.2 Å². The minimum atomic E-state index is -1.37. The lowest BCUT2D eigenvalue weighted by Gasteiger charge is -2.10. The van der Waals surface area contributed by atoms with E-state index in [1.54, 1.807) is 18.2 Å². The molecule has 2 unspecified atom stereocenters. The normalized spacial score (nSPS) is 18.0. The van der Waals surface area contributed by atoms with Crippen molar-refractivity contribution < 1.29 is 18.8 Å². The van der Waals surface area contributed by atoms with Crippen molar-refractivity contribution in [1.82, 2.24) is 0 Å². The Bertz CT molecular complexity index is 1390. The summed E-state index contributed by atoms with van der Waals surface area (Å²) < 4.78 is 13.0. The van der Waals surface area contributed by atoms with Gasteiger partial charge in [0, 0.05) is 39.2 Å². The molecule has 36 heavy (non-hydrogen) atoms. The number of nitrogens with one attached hydrogen (secondary N) is 1. The Balaban J connectivity index is 1.51. The number of ketones is 2. The van der Waals surface area contributed by atoms with Gasteiger partial charge in [0.2, 0.25) is 5.91 Å². The van der Waals surface area contributed by atoms with Gasteiger partial charge in [-0.15, -0.1) is 23.2 Å². The number of halogens is 6. The molecule has 3 aromatic rings. The van der Waals surface area contributed by atoms with Crippen LogP contribution in [0.1, 0.15) is 44.7 Å². The molecular weight excluding hydrogens is 571 g/mol. The Morgan fingerprint density at radius 2 is 1.61 bits per heavy atom. The number of rotatable bonds is 7. The number of hydrogen-bond donors (Lipinski definition) is 1. The number of amides is 1. The number of alkyl halides is 2. The minimum absolute atomic E-state index is 0.0986. The Hall–Kier alpha value is -2.15. The molecule has 1 N–H and O–H groups in total. The number of carbonyl (C=O) groups is 3. The topological polar surface area (TPSA) is 63.2 Å². The molecule has 0 aromatic heterocycles. The zero-order valence-corrected chi connectivity index (χ0v) is 22.3. The Kier molecular flexibility index (Phi) is 7.70. The molecule has 4 rings (SSSR count). The molecule has 1 saturated carbocycles. The third-order valence-electron chi connectivity index (χ3n) is 5.92. The summed E-state index contributed by atoms with van der Waals surface area (Å²) in [4.78, 5) is 37.3. The molecule has 1 aliphatic rings. The fraction of sp³-hybridized carbons (Fsp3) is 0.192. The van der Waals surface area contributed by atoms with Gasteiger partial charge in [0.25, 0.3) is 0 Å². The highest BCUT2D eigenvalue weighted by Crippen LogP contribution is 2.65. The van der Waals surface area contributed by atoms with Crippen molar-refractivity contribution in [3.8, 4) is 0 Å². The molecule has 4 nitrogen and oxygen atoms in total. The smallest absolute Gasteiger partial charge is 0.231 e. The predicted molar refractivity (Wildman–Crippen MR) is 142 cm³/mol.